The van der Waals surface area contributed by atoms with Crippen molar-refractivity contribution in [3.63, 3.8) is 0 Å². The minimum Gasteiger partial charge on any atom is -0.331 e. The molecule has 0 amide bonds. The number of rotatable bonds is 4. The Hall–Kier alpha value is -0.0800. The molecule has 0 aliphatic heterocycles. The van der Waals surface area contributed by atoms with Gasteiger partial charge in [0.25, 0.3) is 0 Å². The van der Waals surface area contributed by atoms with Crippen molar-refractivity contribution in [2.75, 3.05) is 48.3 Å². The van der Waals surface area contributed by atoms with E-state index in [1.54, 1.807) is 0 Å². The third kappa shape index (κ3) is 7.92. The molecule has 0 aromatic carbocycles. The predicted octanol–water partition coefficient (Wildman–Crippen LogP) is 0.482. The van der Waals surface area contributed by atoms with Crippen LogP contribution in [0.2, 0.25) is 0 Å². The Balaban J connectivity index is 3.21. The van der Waals surface area contributed by atoms with Gasteiger partial charge in [-0.05, 0) is 0 Å². The fourth-order valence-electron chi connectivity index (χ4n) is 0.861. The second kappa shape index (κ2) is 3.94. The van der Waals surface area contributed by atoms with E-state index in [-0.39, 0.29) is 0 Å². The molecule has 0 bridgehead atoms. The van der Waals surface area contributed by atoms with E-state index in [0.717, 1.165) is 4.48 Å². The van der Waals surface area contributed by atoms with Crippen LogP contribution in [0.4, 0.5) is 0 Å². The van der Waals surface area contributed by atoms with Gasteiger partial charge in [-0.3, -0.25) is 0 Å². The van der Waals surface area contributed by atoms with Crippen molar-refractivity contribution in [2.24, 2.45) is 0 Å². The summed E-state index contributed by atoms with van der Waals surface area (Å²) in [6.45, 7) is 2.47. The van der Waals surface area contributed by atoms with E-state index in [4.69, 9.17) is 0 Å². The van der Waals surface area contributed by atoms with Gasteiger partial charge in [0, 0.05) is 0 Å². The van der Waals surface area contributed by atoms with Crippen LogP contribution in [0, 0.1) is 0 Å². The first kappa shape index (κ1) is 9.92. The van der Waals surface area contributed by atoms with Gasteiger partial charge >= 0.3 is 0 Å². The molecular weight excluding hydrogens is 124 g/mol. The number of quaternary nitrogens is 1. The Bertz CT molecular complexity index is 81.7. The van der Waals surface area contributed by atoms with Crippen LogP contribution in [0.5, 0.6) is 0 Å². The SMILES string of the molecule is C[N+](C)CCC[N+](C)(C)C. The van der Waals surface area contributed by atoms with E-state index in [1.807, 2.05) is 0 Å². The minimum atomic E-state index is 1.08. The van der Waals surface area contributed by atoms with Gasteiger partial charge in [-0.25, -0.2) is 0 Å². The molecule has 0 rings (SSSR count). The van der Waals surface area contributed by atoms with E-state index in [2.05, 4.69) is 40.1 Å². The van der Waals surface area contributed by atoms with Crippen LogP contribution in [0.25, 0.3) is 0 Å². The molecule has 10 heavy (non-hydrogen) atoms. The summed E-state index contributed by atoms with van der Waals surface area (Å²) in [5, 5.41) is 0. The van der Waals surface area contributed by atoms with Gasteiger partial charge in [-0.15, -0.1) is 0 Å². The fourth-order valence-corrected chi connectivity index (χ4v) is 0.861. The van der Waals surface area contributed by atoms with Crippen LogP contribution in [0.15, 0.2) is 0 Å². The third-order valence-corrected chi connectivity index (χ3v) is 1.43. The van der Waals surface area contributed by atoms with E-state index < -0.39 is 0 Å². The molecule has 0 aliphatic rings. The molecule has 0 N–H and O–H groups in total. The average molecular weight is 145 g/mol. The molecule has 0 fully saturated rings. The van der Waals surface area contributed by atoms with Crippen LogP contribution in [-0.4, -0.2) is 52.8 Å². The van der Waals surface area contributed by atoms with Crippen LogP contribution < -0.4 is 4.90 Å². The van der Waals surface area contributed by atoms with Crippen molar-refractivity contribution >= 4 is 0 Å². The summed E-state index contributed by atoms with van der Waals surface area (Å²) in [5.74, 6) is 0. The standard InChI is InChI=1S/C8H21N2/c1-9(2)7-6-8-10(3,4)5/h6-8H2,1-5H3/q+2. The highest BCUT2D eigenvalue weighted by atomic mass is 15.3. The lowest BCUT2D eigenvalue weighted by molar-refractivity contribution is -0.870. The molecule has 0 atom stereocenters. The normalized spacial score (nSPS) is 12.6. The van der Waals surface area contributed by atoms with Crippen LogP contribution in [-0.2, 0) is 0 Å². The molecule has 2 nitrogen and oxygen atoms in total. The zero-order chi connectivity index (χ0) is 8.20. The predicted molar refractivity (Wildman–Crippen MR) is 46.4 cm³/mol. The van der Waals surface area contributed by atoms with Crippen LogP contribution in [0.3, 0.4) is 0 Å². The van der Waals surface area contributed by atoms with Gasteiger partial charge in [0.1, 0.15) is 20.6 Å². The first-order chi connectivity index (χ1) is 4.42. The Kier molecular flexibility index (Phi) is 3.91. The van der Waals surface area contributed by atoms with E-state index in [9.17, 15) is 0 Å². The highest BCUT2D eigenvalue weighted by Gasteiger charge is 2.08. The largest absolute Gasteiger partial charge is 0.331 e. The smallest absolute Gasteiger partial charge is 0.127 e. The van der Waals surface area contributed by atoms with Gasteiger partial charge in [0.15, 0.2) is 0 Å². The van der Waals surface area contributed by atoms with Crippen LogP contribution in [0.1, 0.15) is 6.42 Å². The number of nitrogens with zero attached hydrogens (tertiary/aromatic N) is 2. The van der Waals surface area contributed by atoms with Crippen molar-refractivity contribution in [2.45, 2.75) is 6.42 Å². The molecule has 0 aromatic rings. The molecule has 0 unspecified atom stereocenters. The lowest BCUT2D eigenvalue weighted by atomic mass is 10.3. The van der Waals surface area contributed by atoms with Crippen LogP contribution >= 0.6 is 0 Å². The van der Waals surface area contributed by atoms with Crippen molar-refractivity contribution in [1.29, 1.82) is 0 Å². The zero-order valence-electron chi connectivity index (χ0n) is 8.02. The van der Waals surface area contributed by atoms with Gasteiger partial charge in [0.2, 0.25) is 0 Å². The first-order valence-electron chi connectivity index (χ1n) is 3.87. The van der Waals surface area contributed by atoms with Crippen molar-refractivity contribution < 1.29 is 4.48 Å². The summed E-state index contributed by atoms with van der Waals surface area (Å²) in [7, 11) is 10.9. The Morgan fingerprint density at radius 1 is 1.10 bits per heavy atom. The molecular formula is C8H21N2+2. The summed E-state index contributed by atoms with van der Waals surface area (Å²) < 4.78 is 1.08. The van der Waals surface area contributed by atoms with Gasteiger partial charge < -0.3 is 4.48 Å². The third-order valence-electron chi connectivity index (χ3n) is 1.43. The number of hydrogen-bond acceptors (Lipinski definition) is 1. The minimum absolute atomic E-state index is 1.08. The lowest BCUT2D eigenvalue weighted by Gasteiger charge is -2.23. The Labute approximate surface area is 65.0 Å². The van der Waals surface area contributed by atoms with Gasteiger partial charge in [-0.1, -0.05) is 0 Å². The van der Waals surface area contributed by atoms with Gasteiger partial charge in [0.05, 0.1) is 34.1 Å². The molecule has 0 aromatic heterocycles. The lowest BCUT2D eigenvalue weighted by Crippen LogP contribution is -2.37. The average Bonchev–Trinajstić information content (AvgIpc) is 1.59. The van der Waals surface area contributed by atoms with Crippen molar-refractivity contribution in [3.8, 4) is 0 Å². The first-order valence-corrected chi connectivity index (χ1v) is 3.87. The molecule has 2 heteroatoms. The Morgan fingerprint density at radius 3 is 1.90 bits per heavy atom. The quantitative estimate of drug-likeness (QED) is 0.401. The molecule has 61 valence electrons. The van der Waals surface area contributed by atoms with E-state index in [1.165, 1.54) is 19.5 Å². The summed E-state index contributed by atoms with van der Waals surface area (Å²) in [6.07, 6.45) is 1.29. The molecule has 1 radical (unpaired) electrons. The topological polar surface area (TPSA) is 5.90 Å². The maximum atomic E-state index is 2.23. The zero-order valence-corrected chi connectivity index (χ0v) is 8.02. The summed E-state index contributed by atoms with van der Waals surface area (Å²) in [6, 6.07) is 0. The molecule has 0 saturated carbocycles. The highest BCUT2D eigenvalue weighted by molar-refractivity contribution is 4.47. The maximum absolute atomic E-state index is 2.23. The summed E-state index contributed by atoms with van der Waals surface area (Å²) in [4.78, 5) is 2.23. The van der Waals surface area contributed by atoms with E-state index >= 15 is 0 Å². The monoisotopic (exact) mass is 145 g/mol. The van der Waals surface area contributed by atoms with Gasteiger partial charge in [-0.2, -0.15) is 4.90 Å². The van der Waals surface area contributed by atoms with E-state index in [0.29, 0.717) is 0 Å². The molecule has 0 heterocycles. The second-order valence-corrected chi connectivity index (χ2v) is 4.17. The highest BCUT2D eigenvalue weighted by Crippen LogP contribution is 1.92. The fraction of sp³-hybridized carbons (Fsp3) is 1.00. The van der Waals surface area contributed by atoms with Crippen molar-refractivity contribution in [1.82, 2.24) is 4.90 Å². The second-order valence-electron chi connectivity index (χ2n) is 4.17. The maximum Gasteiger partial charge on any atom is 0.127 e. The number of hydrogen-bond donors (Lipinski definition) is 0. The molecule has 0 saturated heterocycles. The summed E-state index contributed by atoms with van der Waals surface area (Å²) in [5.41, 5.74) is 0. The summed E-state index contributed by atoms with van der Waals surface area (Å²) >= 11 is 0. The van der Waals surface area contributed by atoms with Crippen molar-refractivity contribution in [3.05, 3.63) is 0 Å². The molecule has 0 spiro atoms. The molecule has 0 aliphatic carbocycles. The Morgan fingerprint density at radius 2 is 1.60 bits per heavy atom.